The molecule has 1 rings (SSSR count). The van der Waals surface area contributed by atoms with Gasteiger partial charge in [0.25, 0.3) is 0 Å². The van der Waals surface area contributed by atoms with Crippen molar-refractivity contribution in [3.05, 3.63) is 35.4 Å². The fraction of sp³-hybridized carbons (Fsp3) is 0.200. The van der Waals surface area contributed by atoms with Gasteiger partial charge in [-0.25, -0.2) is 9.59 Å². The molecule has 0 spiro atoms. The second-order valence-corrected chi connectivity index (χ2v) is 2.85. The molecule has 0 aliphatic heterocycles. The second kappa shape index (κ2) is 4.56. The summed E-state index contributed by atoms with van der Waals surface area (Å²) < 4.78 is 4.73. The Bertz CT molecular complexity index is 385. The van der Waals surface area contributed by atoms with E-state index in [-0.39, 0.29) is 11.1 Å². The SMILES string of the molecule is CO[C@@H](C(=O)O)c1ccccc1C(=O)O. The van der Waals surface area contributed by atoms with Gasteiger partial charge in [0.2, 0.25) is 0 Å². The Labute approximate surface area is 85.9 Å². The molecule has 1 aromatic carbocycles. The number of aromatic carboxylic acids is 1. The number of rotatable bonds is 4. The van der Waals surface area contributed by atoms with Crippen LogP contribution in [-0.2, 0) is 9.53 Å². The van der Waals surface area contributed by atoms with Crippen LogP contribution in [-0.4, -0.2) is 29.3 Å². The molecule has 15 heavy (non-hydrogen) atoms. The van der Waals surface area contributed by atoms with Gasteiger partial charge in [-0.1, -0.05) is 18.2 Å². The molecule has 1 atom stereocenters. The van der Waals surface area contributed by atoms with Crippen molar-refractivity contribution in [1.82, 2.24) is 0 Å². The maximum atomic E-state index is 10.8. The lowest BCUT2D eigenvalue weighted by Gasteiger charge is -2.12. The van der Waals surface area contributed by atoms with Crippen molar-refractivity contribution in [2.24, 2.45) is 0 Å². The summed E-state index contributed by atoms with van der Waals surface area (Å²) in [6.45, 7) is 0. The first-order chi connectivity index (χ1) is 7.07. The fourth-order valence-electron chi connectivity index (χ4n) is 1.28. The third kappa shape index (κ3) is 2.32. The van der Waals surface area contributed by atoms with Crippen LogP contribution in [0, 0.1) is 0 Å². The number of hydrogen-bond donors (Lipinski definition) is 2. The van der Waals surface area contributed by atoms with E-state index in [1.165, 1.54) is 25.3 Å². The molecule has 5 heteroatoms. The lowest BCUT2D eigenvalue weighted by Crippen LogP contribution is -2.17. The van der Waals surface area contributed by atoms with E-state index in [4.69, 9.17) is 14.9 Å². The average molecular weight is 210 g/mol. The number of carboxylic acid groups (broad SMARTS) is 2. The summed E-state index contributed by atoms with van der Waals surface area (Å²) in [6.07, 6.45) is -1.25. The van der Waals surface area contributed by atoms with Gasteiger partial charge in [0.1, 0.15) is 0 Å². The molecule has 0 saturated carbocycles. The Morgan fingerprint density at radius 2 is 1.87 bits per heavy atom. The van der Waals surface area contributed by atoms with Crippen LogP contribution in [0.5, 0.6) is 0 Å². The minimum atomic E-state index is -1.25. The summed E-state index contributed by atoms with van der Waals surface area (Å²) in [5.74, 6) is -2.39. The van der Waals surface area contributed by atoms with Crippen LogP contribution in [0.2, 0.25) is 0 Å². The standard InChI is InChI=1S/C10H10O5/c1-15-8(10(13)14)6-4-2-3-5-7(6)9(11)12/h2-5,8H,1H3,(H,11,12)(H,13,14)/t8-/m1/s1. The van der Waals surface area contributed by atoms with Gasteiger partial charge in [-0.05, 0) is 6.07 Å². The highest BCUT2D eigenvalue weighted by Gasteiger charge is 2.24. The molecule has 0 radical (unpaired) electrons. The molecule has 0 aliphatic carbocycles. The Morgan fingerprint density at radius 3 is 2.33 bits per heavy atom. The van der Waals surface area contributed by atoms with E-state index in [1.54, 1.807) is 6.07 Å². The third-order valence-corrected chi connectivity index (χ3v) is 1.93. The molecule has 0 unspecified atom stereocenters. The van der Waals surface area contributed by atoms with Gasteiger partial charge < -0.3 is 14.9 Å². The molecule has 0 heterocycles. The van der Waals surface area contributed by atoms with Crippen LogP contribution in [0.3, 0.4) is 0 Å². The van der Waals surface area contributed by atoms with Crippen LogP contribution in [0.25, 0.3) is 0 Å². The highest BCUT2D eigenvalue weighted by atomic mass is 16.5. The quantitative estimate of drug-likeness (QED) is 0.778. The summed E-state index contributed by atoms with van der Waals surface area (Å²) >= 11 is 0. The van der Waals surface area contributed by atoms with Gasteiger partial charge in [0.15, 0.2) is 6.10 Å². The van der Waals surface area contributed by atoms with E-state index in [9.17, 15) is 9.59 Å². The van der Waals surface area contributed by atoms with Crippen molar-refractivity contribution in [2.45, 2.75) is 6.10 Å². The monoisotopic (exact) mass is 210 g/mol. The van der Waals surface area contributed by atoms with Gasteiger partial charge in [0, 0.05) is 12.7 Å². The predicted molar refractivity (Wildman–Crippen MR) is 50.8 cm³/mol. The molecule has 0 amide bonds. The lowest BCUT2D eigenvalue weighted by atomic mass is 10.0. The summed E-state index contributed by atoms with van der Waals surface area (Å²) in [4.78, 5) is 21.6. The molecular weight excluding hydrogens is 200 g/mol. The van der Waals surface area contributed by atoms with Crippen LogP contribution in [0.15, 0.2) is 24.3 Å². The van der Waals surface area contributed by atoms with E-state index in [1.807, 2.05) is 0 Å². The Balaban J connectivity index is 3.22. The Kier molecular flexibility index (Phi) is 3.41. The van der Waals surface area contributed by atoms with Crippen LogP contribution < -0.4 is 0 Å². The van der Waals surface area contributed by atoms with E-state index in [0.29, 0.717) is 0 Å². The molecule has 0 saturated heterocycles. The topological polar surface area (TPSA) is 83.8 Å². The molecule has 0 aliphatic rings. The van der Waals surface area contributed by atoms with Crippen molar-refractivity contribution >= 4 is 11.9 Å². The summed E-state index contributed by atoms with van der Waals surface area (Å²) in [6, 6.07) is 5.86. The minimum absolute atomic E-state index is 0.0632. The maximum absolute atomic E-state index is 10.8. The zero-order chi connectivity index (χ0) is 11.4. The van der Waals surface area contributed by atoms with Crippen molar-refractivity contribution < 1.29 is 24.5 Å². The summed E-state index contributed by atoms with van der Waals surface area (Å²) in [5.41, 5.74) is 0.0757. The number of hydrogen-bond acceptors (Lipinski definition) is 3. The molecule has 2 N–H and O–H groups in total. The van der Waals surface area contributed by atoms with E-state index in [0.717, 1.165) is 0 Å². The number of benzene rings is 1. The first kappa shape index (κ1) is 11.2. The lowest BCUT2D eigenvalue weighted by molar-refractivity contribution is -0.148. The molecule has 5 nitrogen and oxygen atoms in total. The van der Waals surface area contributed by atoms with Gasteiger partial charge >= 0.3 is 11.9 Å². The highest BCUT2D eigenvalue weighted by Crippen LogP contribution is 2.21. The van der Waals surface area contributed by atoms with E-state index < -0.39 is 18.0 Å². The number of methoxy groups -OCH3 is 1. The molecule has 0 fully saturated rings. The van der Waals surface area contributed by atoms with Crippen LogP contribution in [0.1, 0.15) is 22.0 Å². The number of carbonyl (C=O) groups is 2. The fourth-order valence-corrected chi connectivity index (χ4v) is 1.28. The summed E-state index contributed by atoms with van der Waals surface area (Å²) in [7, 11) is 1.22. The maximum Gasteiger partial charge on any atom is 0.337 e. The normalized spacial score (nSPS) is 12.1. The molecule has 1 aromatic rings. The number of carboxylic acids is 2. The largest absolute Gasteiger partial charge is 0.479 e. The average Bonchev–Trinajstić information content (AvgIpc) is 2.18. The Morgan fingerprint density at radius 1 is 1.27 bits per heavy atom. The molecule has 0 aromatic heterocycles. The van der Waals surface area contributed by atoms with Crippen molar-refractivity contribution in [1.29, 1.82) is 0 Å². The second-order valence-electron chi connectivity index (χ2n) is 2.85. The van der Waals surface area contributed by atoms with Crippen molar-refractivity contribution in [3.63, 3.8) is 0 Å². The molecule has 80 valence electrons. The van der Waals surface area contributed by atoms with E-state index >= 15 is 0 Å². The van der Waals surface area contributed by atoms with Gasteiger partial charge in [-0.2, -0.15) is 0 Å². The van der Waals surface area contributed by atoms with Crippen LogP contribution in [0.4, 0.5) is 0 Å². The first-order valence-electron chi connectivity index (χ1n) is 4.15. The predicted octanol–water partition coefficient (Wildman–Crippen LogP) is 1.16. The molecule has 0 bridgehead atoms. The zero-order valence-electron chi connectivity index (χ0n) is 8.01. The third-order valence-electron chi connectivity index (χ3n) is 1.93. The number of aliphatic carboxylic acids is 1. The molecular formula is C10H10O5. The van der Waals surface area contributed by atoms with E-state index in [2.05, 4.69) is 0 Å². The van der Waals surface area contributed by atoms with Crippen LogP contribution >= 0.6 is 0 Å². The van der Waals surface area contributed by atoms with Crippen molar-refractivity contribution in [3.8, 4) is 0 Å². The minimum Gasteiger partial charge on any atom is -0.479 e. The Hall–Kier alpha value is -1.88. The highest BCUT2D eigenvalue weighted by molar-refractivity contribution is 5.91. The van der Waals surface area contributed by atoms with Crippen molar-refractivity contribution in [2.75, 3.05) is 7.11 Å². The number of ether oxygens (including phenoxy) is 1. The van der Waals surface area contributed by atoms with Gasteiger partial charge in [-0.3, -0.25) is 0 Å². The van der Waals surface area contributed by atoms with Gasteiger partial charge in [-0.15, -0.1) is 0 Å². The first-order valence-corrected chi connectivity index (χ1v) is 4.15. The zero-order valence-corrected chi connectivity index (χ0v) is 8.01. The summed E-state index contributed by atoms with van der Waals surface area (Å²) in [5, 5.41) is 17.7. The van der Waals surface area contributed by atoms with Gasteiger partial charge in [0.05, 0.1) is 5.56 Å². The smallest absolute Gasteiger partial charge is 0.337 e.